The molecule has 0 saturated carbocycles. The molecule has 6 nitrogen and oxygen atoms in total. The largest absolute Gasteiger partial charge is 0.462 e. The van der Waals surface area contributed by atoms with Crippen LogP contribution in [0.1, 0.15) is 394 Å². The van der Waals surface area contributed by atoms with Crippen LogP contribution in [-0.4, -0.2) is 37.2 Å². The third-order valence-electron chi connectivity index (χ3n) is 15.8. The third kappa shape index (κ3) is 61.3. The van der Waals surface area contributed by atoms with Gasteiger partial charge in [-0.05, 0) is 25.2 Å². The molecule has 0 aromatic rings. The maximum atomic E-state index is 12.9. The number of ether oxygens (including phenoxy) is 3. The van der Waals surface area contributed by atoms with Crippen molar-refractivity contribution in [1.29, 1.82) is 0 Å². The van der Waals surface area contributed by atoms with Gasteiger partial charge >= 0.3 is 17.9 Å². The average molecular weight is 1050 g/mol. The SMILES string of the molecule is CCCCCCCCCCCCCCCCCCCCC(=O)OC[C@@H](COC(=O)CCCCCCCCCCCCCCCCCCCCC(C)C)OC(=O)CCCCCCCCCCCCCCCCCCC. The zero-order chi connectivity index (χ0) is 53.7. The van der Waals surface area contributed by atoms with Gasteiger partial charge in [0.1, 0.15) is 13.2 Å². The molecule has 0 N–H and O–H groups in total. The minimum Gasteiger partial charge on any atom is -0.462 e. The predicted molar refractivity (Wildman–Crippen MR) is 321 cm³/mol. The Morgan fingerprint density at radius 3 is 0.662 bits per heavy atom. The van der Waals surface area contributed by atoms with Crippen molar-refractivity contribution < 1.29 is 28.6 Å². The quantitative estimate of drug-likeness (QED) is 0.0343. The zero-order valence-electron chi connectivity index (χ0n) is 50.8. The van der Waals surface area contributed by atoms with Crippen LogP contribution in [0.3, 0.4) is 0 Å². The van der Waals surface area contributed by atoms with Crippen molar-refractivity contribution >= 4 is 17.9 Å². The van der Waals surface area contributed by atoms with E-state index in [-0.39, 0.29) is 31.1 Å². The standard InChI is InChI=1S/C68H132O6/c1-5-7-9-11-13-15-17-19-21-23-28-31-35-39-43-47-51-55-59-66(69)72-62-65(74-68(71)61-57-53-49-45-41-37-33-26-22-20-18-16-14-12-10-8-6-2)63-73-67(70)60-56-52-48-44-40-36-32-29-25-24-27-30-34-38-42-46-50-54-58-64(3)4/h64-65H,5-63H2,1-4H3/t65-/m0/s1. The van der Waals surface area contributed by atoms with E-state index in [2.05, 4.69) is 27.7 Å². The van der Waals surface area contributed by atoms with E-state index in [1.165, 1.54) is 289 Å². The number of rotatable bonds is 63. The highest BCUT2D eigenvalue weighted by atomic mass is 16.6. The lowest BCUT2D eigenvalue weighted by Gasteiger charge is -2.18. The minimum atomic E-state index is -0.763. The lowest BCUT2D eigenvalue weighted by Crippen LogP contribution is -2.30. The fourth-order valence-electron chi connectivity index (χ4n) is 10.7. The average Bonchev–Trinajstić information content (AvgIpc) is 3.39. The molecule has 0 saturated heterocycles. The molecule has 0 bridgehead atoms. The highest BCUT2D eigenvalue weighted by molar-refractivity contribution is 5.71. The Morgan fingerprint density at radius 1 is 0.257 bits per heavy atom. The predicted octanol–water partition coefficient (Wildman–Crippen LogP) is 22.9. The van der Waals surface area contributed by atoms with Gasteiger partial charge < -0.3 is 14.2 Å². The summed E-state index contributed by atoms with van der Waals surface area (Å²) in [5.41, 5.74) is 0. The summed E-state index contributed by atoms with van der Waals surface area (Å²) in [6.45, 7) is 9.12. The summed E-state index contributed by atoms with van der Waals surface area (Å²) < 4.78 is 17.0. The first-order valence-corrected chi connectivity index (χ1v) is 33.9. The maximum absolute atomic E-state index is 12.9. The van der Waals surface area contributed by atoms with Gasteiger partial charge in [-0.3, -0.25) is 14.4 Å². The molecule has 0 aliphatic heterocycles. The van der Waals surface area contributed by atoms with Crippen LogP contribution < -0.4 is 0 Å². The number of hydrogen-bond donors (Lipinski definition) is 0. The second-order valence-electron chi connectivity index (χ2n) is 23.9. The summed E-state index contributed by atoms with van der Waals surface area (Å²) in [4.78, 5) is 38.4. The molecule has 0 radical (unpaired) electrons. The van der Waals surface area contributed by atoms with Crippen molar-refractivity contribution in [3.8, 4) is 0 Å². The third-order valence-corrected chi connectivity index (χ3v) is 15.8. The summed E-state index contributed by atoms with van der Waals surface area (Å²) in [7, 11) is 0. The van der Waals surface area contributed by atoms with Gasteiger partial charge in [0.2, 0.25) is 0 Å². The molecule has 0 heterocycles. The van der Waals surface area contributed by atoms with Crippen LogP contribution in [0.4, 0.5) is 0 Å². The van der Waals surface area contributed by atoms with Gasteiger partial charge in [-0.15, -0.1) is 0 Å². The highest BCUT2D eigenvalue weighted by Crippen LogP contribution is 2.19. The van der Waals surface area contributed by atoms with E-state index in [0.717, 1.165) is 63.7 Å². The van der Waals surface area contributed by atoms with E-state index in [0.29, 0.717) is 19.3 Å². The smallest absolute Gasteiger partial charge is 0.306 e. The maximum Gasteiger partial charge on any atom is 0.306 e. The van der Waals surface area contributed by atoms with Crippen molar-refractivity contribution in [2.75, 3.05) is 13.2 Å². The Labute approximate surface area is 463 Å². The van der Waals surface area contributed by atoms with Crippen LogP contribution in [0.2, 0.25) is 0 Å². The van der Waals surface area contributed by atoms with Crippen LogP contribution >= 0.6 is 0 Å². The van der Waals surface area contributed by atoms with Crippen LogP contribution in [0, 0.1) is 5.92 Å². The molecule has 0 unspecified atom stereocenters. The molecule has 0 aliphatic carbocycles. The Kier molecular flexibility index (Phi) is 60.9. The molecule has 0 rings (SSSR count). The van der Waals surface area contributed by atoms with Crippen LogP contribution in [-0.2, 0) is 28.6 Å². The fourth-order valence-corrected chi connectivity index (χ4v) is 10.7. The Bertz CT molecular complexity index is 1120. The van der Waals surface area contributed by atoms with Crippen molar-refractivity contribution in [2.24, 2.45) is 5.92 Å². The van der Waals surface area contributed by atoms with E-state index in [1.807, 2.05) is 0 Å². The summed E-state index contributed by atoms with van der Waals surface area (Å²) in [6, 6.07) is 0. The molecule has 0 amide bonds. The van der Waals surface area contributed by atoms with Crippen molar-refractivity contribution in [3.63, 3.8) is 0 Å². The van der Waals surface area contributed by atoms with E-state index >= 15 is 0 Å². The molecular formula is C68H132O6. The molecule has 1 atom stereocenters. The molecule has 440 valence electrons. The van der Waals surface area contributed by atoms with E-state index in [9.17, 15) is 14.4 Å². The van der Waals surface area contributed by atoms with Crippen LogP contribution in [0.5, 0.6) is 0 Å². The minimum absolute atomic E-state index is 0.0607. The van der Waals surface area contributed by atoms with Gasteiger partial charge in [0.15, 0.2) is 6.10 Å². The van der Waals surface area contributed by atoms with E-state index in [4.69, 9.17) is 14.2 Å². The summed E-state index contributed by atoms with van der Waals surface area (Å²) in [6.07, 6.45) is 71.1. The molecule has 0 aromatic heterocycles. The molecule has 0 spiro atoms. The Morgan fingerprint density at radius 2 is 0.446 bits per heavy atom. The first kappa shape index (κ1) is 72.4. The summed E-state index contributed by atoms with van der Waals surface area (Å²) in [5.74, 6) is 0.0366. The van der Waals surface area contributed by atoms with Crippen LogP contribution in [0.15, 0.2) is 0 Å². The Balaban J connectivity index is 4.26. The van der Waals surface area contributed by atoms with Crippen molar-refractivity contribution in [2.45, 2.75) is 400 Å². The van der Waals surface area contributed by atoms with Gasteiger partial charge in [0, 0.05) is 19.3 Å². The zero-order valence-corrected chi connectivity index (χ0v) is 50.8. The fraction of sp³-hybridized carbons (Fsp3) is 0.956. The second kappa shape index (κ2) is 62.3. The number of carbonyl (C=O) groups excluding carboxylic acids is 3. The lowest BCUT2D eigenvalue weighted by molar-refractivity contribution is -0.167. The number of esters is 3. The molecular weight excluding hydrogens is 913 g/mol. The van der Waals surface area contributed by atoms with Gasteiger partial charge in [-0.2, -0.15) is 0 Å². The molecule has 0 fully saturated rings. The van der Waals surface area contributed by atoms with Crippen LogP contribution in [0.25, 0.3) is 0 Å². The number of hydrogen-bond acceptors (Lipinski definition) is 6. The van der Waals surface area contributed by atoms with E-state index in [1.54, 1.807) is 0 Å². The van der Waals surface area contributed by atoms with E-state index < -0.39 is 6.10 Å². The molecule has 74 heavy (non-hydrogen) atoms. The van der Waals surface area contributed by atoms with Gasteiger partial charge in [-0.25, -0.2) is 0 Å². The van der Waals surface area contributed by atoms with Gasteiger partial charge in [-0.1, -0.05) is 355 Å². The first-order chi connectivity index (χ1) is 36.4. The van der Waals surface area contributed by atoms with Crippen molar-refractivity contribution in [3.05, 3.63) is 0 Å². The normalized spacial score (nSPS) is 12.0. The van der Waals surface area contributed by atoms with Gasteiger partial charge in [0.25, 0.3) is 0 Å². The molecule has 0 aliphatic rings. The Hall–Kier alpha value is -1.59. The monoisotopic (exact) mass is 1050 g/mol. The lowest BCUT2D eigenvalue weighted by atomic mass is 10.0. The molecule has 6 heteroatoms. The second-order valence-corrected chi connectivity index (χ2v) is 23.9. The highest BCUT2D eigenvalue weighted by Gasteiger charge is 2.19. The molecule has 0 aromatic carbocycles. The van der Waals surface area contributed by atoms with Gasteiger partial charge in [0.05, 0.1) is 0 Å². The topological polar surface area (TPSA) is 78.9 Å². The first-order valence-electron chi connectivity index (χ1n) is 33.9. The number of carbonyl (C=O) groups is 3. The van der Waals surface area contributed by atoms with Crippen molar-refractivity contribution in [1.82, 2.24) is 0 Å². The summed E-state index contributed by atoms with van der Waals surface area (Å²) >= 11 is 0. The number of unbranched alkanes of at least 4 members (excludes halogenated alkanes) is 50. The summed E-state index contributed by atoms with van der Waals surface area (Å²) in [5, 5.41) is 0.